The van der Waals surface area contributed by atoms with E-state index in [2.05, 4.69) is 20.6 Å². The second-order valence-corrected chi connectivity index (χ2v) is 5.61. The lowest BCUT2D eigenvalue weighted by Crippen LogP contribution is -2.29. The molecule has 0 bridgehead atoms. The van der Waals surface area contributed by atoms with Crippen molar-refractivity contribution < 1.29 is 14.5 Å². The van der Waals surface area contributed by atoms with E-state index < -0.39 is 0 Å². The molecule has 0 aliphatic carbocycles. The van der Waals surface area contributed by atoms with Gasteiger partial charge in [-0.2, -0.15) is 0 Å². The first-order chi connectivity index (χ1) is 13.7. The quantitative estimate of drug-likeness (QED) is 0.553. The van der Waals surface area contributed by atoms with Gasteiger partial charge in [-0.3, -0.25) is 4.79 Å². The molecular weight excluding hydrogens is 376 g/mol. The van der Waals surface area contributed by atoms with Crippen LogP contribution in [0.15, 0.2) is 40.1 Å². The summed E-state index contributed by atoms with van der Waals surface area (Å²) in [5, 5.41) is 12.9. The van der Waals surface area contributed by atoms with Gasteiger partial charge in [0.1, 0.15) is 24.9 Å². The summed E-state index contributed by atoms with van der Waals surface area (Å²) in [6, 6.07) is 5.57. The molecule has 28 heavy (non-hydrogen) atoms. The van der Waals surface area contributed by atoms with Gasteiger partial charge in [-0.05, 0) is 12.5 Å². The van der Waals surface area contributed by atoms with E-state index in [0.29, 0.717) is 5.56 Å². The topological polar surface area (TPSA) is 85.2 Å². The van der Waals surface area contributed by atoms with Gasteiger partial charge in [0.25, 0.3) is 5.91 Å². The number of benzene rings is 1. The minimum absolute atomic E-state index is 0.186. The number of rotatable bonds is 7. The van der Waals surface area contributed by atoms with Crippen LogP contribution in [0.5, 0.6) is 0 Å². The van der Waals surface area contributed by atoms with E-state index in [1.54, 1.807) is 18.5 Å². The number of nitrogens with zero attached hydrogens (tertiary/aromatic N) is 3. The molecule has 0 aliphatic rings. The maximum Gasteiger partial charge on any atom is 0.273 e. The lowest BCUT2D eigenvalue weighted by atomic mass is 9.98. The van der Waals surface area contributed by atoms with E-state index in [0.717, 1.165) is 16.1 Å². The SMILES string of the molecule is CC.CC.CNC(=O)/C(=N/OC)c1cccc(C)c1CO/N=C/c1nccs1. The molecule has 1 amide bonds. The molecule has 8 heteroatoms. The highest BCUT2D eigenvalue weighted by molar-refractivity contribution is 7.11. The van der Waals surface area contributed by atoms with Crippen LogP contribution >= 0.6 is 11.3 Å². The van der Waals surface area contributed by atoms with Crippen LogP contribution in [0.25, 0.3) is 0 Å². The summed E-state index contributed by atoms with van der Waals surface area (Å²) in [6.07, 6.45) is 3.24. The normalized spacial score (nSPS) is 10.3. The molecule has 2 rings (SSSR count). The first-order valence-electron chi connectivity index (χ1n) is 9.14. The van der Waals surface area contributed by atoms with Gasteiger partial charge in [0, 0.05) is 29.8 Å². The number of aromatic nitrogens is 1. The number of carbonyl (C=O) groups excluding carboxylic acids is 1. The average Bonchev–Trinajstić information content (AvgIpc) is 3.26. The summed E-state index contributed by atoms with van der Waals surface area (Å²) >= 11 is 1.46. The van der Waals surface area contributed by atoms with Crippen molar-refractivity contribution in [1.82, 2.24) is 10.3 Å². The zero-order valence-corrected chi connectivity index (χ0v) is 18.5. The Morgan fingerprint density at radius 3 is 2.57 bits per heavy atom. The van der Waals surface area contributed by atoms with Crippen LogP contribution in [0.3, 0.4) is 0 Å². The molecule has 1 aromatic heterocycles. The van der Waals surface area contributed by atoms with Crippen LogP contribution in [-0.2, 0) is 21.1 Å². The number of likely N-dealkylation sites (N-methyl/N-ethyl adjacent to an activating group) is 1. The van der Waals surface area contributed by atoms with E-state index in [1.165, 1.54) is 25.5 Å². The van der Waals surface area contributed by atoms with Crippen molar-refractivity contribution in [3.63, 3.8) is 0 Å². The second kappa shape index (κ2) is 15.3. The Balaban J connectivity index is 0.00000171. The smallest absolute Gasteiger partial charge is 0.273 e. The third kappa shape index (κ3) is 7.87. The Morgan fingerprint density at radius 1 is 1.29 bits per heavy atom. The molecular formula is C20H30N4O3S. The molecule has 1 heterocycles. The zero-order chi connectivity index (χ0) is 21.4. The number of amides is 1. The number of hydrogen-bond acceptors (Lipinski definition) is 7. The van der Waals surface area contributed by atoms with Crippen molar-refractivity contribution in [2.24, 2.45) is 10.3 Å². The highest BCUT2D eigenvalue weighted by Crippen LogP contribution is 2.17. The Morgan fingerprint density at radius 2 is 2.00 bits per heavy atom. The molecule has 0 saturated heterocycles. The van der Waals surface area contributed by atoms with Crippen LogP contribution in [-0.4, -0.2) is 37.0 Å². The third-order valence-corrected chi connectivity index (χ3v) is 3.90. The first-order valence-corrected chi connectivity index (χ1v) is 10.0. The van der Waals surface area contributed by atoms with Gasteiger partial charge in [-0.1, -0.05) is 56.2 Å². The Kier molecular flexibility index (Phi) is 13.8. The summed E-state index contributed by atoms with van der Waals surface area (Å²) in [7, 11) is 2.94. The number of thiazole rings is 1. The van der Waals surface area contributed by atoms with Crippen molar-refractivity contribution in [2.45, 2.75) is 41.2 Å². The van der Waals surface area contributed by atoms with E-state index in [9.17, 15) is 4.79 Å². The maximum atomic E-state index is 12.1. The maximum absolute atomic E-state index is 12.1. The fourth-order valence-electron chi connectivity index (χ4n) is 2.02. The molecule has 0 spiro atoms. The summed E-state index contributed by atoms with van der Waals surface area (Å²) in [5.74, 6) is -0.338. The highest BCUT2D eigenvalue weighted by atomic mass is 32.1. The van der Waals surface area contributed by atoms with Crippen LogP contribution in [0, 0.1) is 6.92 Å². The number of hydrogen-bond donors (Lipinski definition) is 1. The molecule has 0 aliphatic heterocycles. The van der Waals surface area contributed by atoms with Gasteiger partial charge in [0.15, 0.2) is 5.71 Å². The largest absolute Gasteiger partial charge is 0.398 e. The number of aryl methyl sites for hydroxylation is 1. The summed E-state index contributed by atoms with van der Waals surface area (Å²) in [5.41, 5.74) is 2.60. The monoisotopic (exact) mass is 406 g/mol. The summed E-state index contributed by atoms with van der Waals surface area (Å²) < 4.78 is 0. The van der Waals surface area contributed by atoms with E-state index in [4.69, 9.17) is 9.68 Å². The summed E-state index contributed by atoms with van der Waals surface area (Å²) in [4.78, 5) is 26.3. The van der Waals surface area contributed by atoms with Crippen molar-refractivity contribution in [3.8, 4) is 0 Å². The van der Waals surface area contributed by atoms with Gasteiger partial charge >= 0.3 is 0 Å². The van der Waals surface area contributed by atoms with Crippen LogP contribution < -0.4 is 5.32 Å². The molecule has 0 fully saturated rings. The highest BCUT2D eigenvalue weighted by Gasteiger charge is 2.19. The summed E-state index contributed by atoms with van der Waals surface area (Å²) in [6.45, 7) is 10.1. The molecule has 154 valence electrons. The minimum Gasteiger partial charge on any atom is -0.398 e. The van der Waals surface area contributed by atoms with Gasteiger partial charge in [0.05, 0.1) is 0 Å². The van der Waals surface area contributed by atoms with Crippen molar-refractivity contribution in [2.75, 3.05) is 14.2 Å². The Bertz CT molecular complexity index is 744. The standard InChI is InChI=1S/C16H18N4O3S.2C2H6/c1-11-5-4-6-12(15(20-22-3)16(21)17-2)13(11)10-23-19-9-14-18-7-8-24-14;2*1-2/h4-9H,10H2,1-3H3,(H,17,21);2*1-2H3/b19-9+,20-15+;;. The second-order valence-electron chi connectivity index (χ2n) is 4.68. The van der Waals surface area contributed by atoms with E-state index in [-0.39, 0.29) is 18.2 Å². The molecule has 7 nitrogen and oxygen atoms in total. The molecule has 0 radical (unpaired) electrons. The Hall–Kier alpha value is -2.74. The molecule has 2 aromatic rings. The predicted molar refractivity (Wildman–Crippen MR) is 116 cm³/mol. The minimum atomic E-state index is -0.338. The molecule has 0 saturated carbocycles. The van der Waals surface area contributed by atoms with Gasteiger partial charge < -0.3 is 15.0 Å². The lowest BCUT2D eigenvalue weighted by molar-refractivity contribution is -0.114. The molecule has 1 aromatic carbocycles. The number of nitrogens with one attached hydrogen (secondary N) is 1. The third-order valence-electron chi connectivity index (χ3n) is 3.19. The van der Waals surface area contributed by atoms with Crippen molar-refractivity contribution in [3.05, 3.63) is 51.5 Å². The number of oxime groups is 2. The van der Waals surface area contributed by atoms with Gasteiger partial charge in [-0.25, -0.2) is 4.98 Å². The van der Waals surface area contributed by atoms with Crippen LogP contribution in [0.2, 0.25) is 0 Å². The molecule has 1 N–H and O–H groups in total. The zero-order valence-electron chi connectivity index (χ0n) is 17.6. The fourth-order valence-corrected chi connectivity index (χ4v) is 2.51. The molecule has 0 atom stereocenters. The Labute approximate surface area is 171 Å². The van der Waals surface area contributed by atoms with Gasteiger partial charge in [-0.15, -0.1) is 11.3 Å². The van der Waals surface area contributed by atoms with E-state index >= 15 is 0 Å². The number of carbonyl (C=O) groups is 1. The average molecular weight is 407 g/mol. The fraction of sp³-hybridized carbons (Fsp3) is 0.400. The van der Waals surface area contributed by atoms with Crippen molar-refractivity contribution in [1.29, 1.82) is 0 Å². The van der Waals surface area contributed by atoms with Crippen LogP contribution in [0.4, 0.5) is 0 Å². The molecule has 0 unspecified atom stereocenters. The van der Waals surface area contributed by atoms with E-state index in [1.807, 2.05) is 52.1 Å². The predicted octanol–water partition coefficient (Wildman–Crippen LogP) is 4.15. The first kappa shape index (κ1) is 25.3. The van der Waals surface area contributed by atoms with Gasteiger partial charge in [0.2, 0.25) is 0 Å². The lowest BCUT2D eigenvalue weighted by Gasteiger charge is -2.12. The van der Waals surface area contributed by atoms with Crippen LogP contribution in [0.1, 0.15) is 49.4 Å². The van der Waals surface area contributed by atoms with Crippen molar-refractivity contribution >= 4 is 29.2 Å².